The lowest BCUT2D eigenvalue weighted by atomic mass is 10.0. The lowest BCUT2D eigenvalue weighted by Crippen LogP contribution is -2.36. The van der Waals surface area contributed by atoms with Crippen LogP contribution in [0.15, 0.2) is 0 Å². The summed E-state index contributed by atoms with van der Waals surface area (Å²) in [6, 6.07) is 2.26. The van der Waals surface area contributed by atoms with Crippen LogP contribution in [0, 0.1) is 22.7 Å². The van der Waals surface area contributed by atoms with Gasteiger partial charge in [-0.15, -0.1) is 0 Å². The first-order valence-corrected chi connectivity index (χ1v) is 5.80. The average Bonchev–Trinajstić information content (AvgIpc) is 2.96. The topological polar surface area (TPSA) is 56.1 Å². The maximum absolute atomic E-state index is 11.4. The van der Waals surface area contributed by atoms with Gasteiger partial charge in [0.25, 0.3) is 0 Å². The van der Waals surface area contributed by atoms with E-state index in [1.807, 2.05) is 14.0 Å². The molecule has 1 aliphatic rings. The Morgan fingerprint density at radius 2 is 2.25 bits per heavy atom. The first-order valence-electron chi connectivity index (χ1n) is 5.80. The molecule has 0 aliphatic heterocycles. The average molecular weight is 223 g/mol. The molecule has 1 fully saturated rings. The number of rotatable bonds is 6. The van der Waals surface area contributed by atoms with E-state index in [1.165, 1.54) is 0 Å². The lowest BCUT2D eigenvalue weighted by Gasteiger charge is -2.24. The molecule has 1 amide bonds. The third kappa shape index (κ3) is 3.49. The van der Waals surface area contributed by atoms with Crippen LogP contribution in [0.2, 0.25) is 0 Å². The van der Waals surface area contributed by atoms with Crippen molar-refractivity contribution in [3.63, 3.8) is 0 Å². The van der Waals surface area contributed by atoms with E-state index >= 15 is 0 Å². The Bertz CT molecular complexity index is 291. The van der Waals surface area contributed by atoms with Crippen LogP contribution < -0.4 is 5.32 Å². The first kappa shape index (κ1) is 13.0. The summed E-state index contributed by atoms with van der Waals surface area (Å²) in [4.78, 5) is 13.5. The van der Waals surface area contributed by atoms with Gasteiger partial charge < -0.3 is 10.2 Å². The van der Waals surface area contributed by atoms with Crippen LogP contribution in [-0.2, 0) is 4.79 Å². The highest BCUT2D eigenvalue weighted by molar-refractivity contribution is 5.78. The predicted octanol–water partition coefficient (Wildman–Crippen LogP) is 0.994. The van der Waals surface area contributed by atoms with Gasteiger partial charge in [0.05, 0.1) is 6.07 Å². The van der Waals surface area contributed by atoms with Crippen molar-refractivity contribution in [2.45, 2.75) is 26.2 Å². The van der Waals surface area contributed by atoms with Gasteiger partial charge in [0.15, 0.2) is 0 Å². The maximum atomic E-state index is 11.4. The van der Waals surface area contributed by atoms with Crippen molar-refractivity contribution < 1.29 is 4.79 Å². The van der Waals surface area contributed by atoms with E-state index in [0.29, 0.717) is 6.42 Å². The first-order chi connectivity index (χ1) is 7.53. The normalized spacial score (nSPS) is 18.9. The smallest absolute Gasteiger partial charge is 0.223 e. The molecular formula is C12H21N3O. The molecule has 1 N–H and O–H groups in total. The van der Waals surface area contributed by atoms with Crippen molar-refractivity contribution in [3.8, 4) is 6.07 Å². The second-order valence-electron chi connectivity index (χ2n) is 5.05. The molecule has 0 aromatic heterocycles. The van der Waals surface area contributed by atoms with Crippen molar-refractivity contribution in [1.29, 1.82) is 5.26 Å². The highest BCUT2D eigenvalue weighted by Gasteiger charge is 2.43. The van der Waals surface area contributed by atoms with Gasteiger partial charge in [-0.1, -0.05) is 6.92 Å². The number of hydrogen-bond donors (Lipinski definition) is 1. The van der Waals surface area contributed by atoms with Crippen LogP contribution in [0.5, 0.6) is 0 Å². The summed E-state index contributed by atoms with van der Waals surface area (Å²) in [6.45, 7) is 3.62. The summed E-state index contributed by atoms with van der Waals surface area (Å²) >= 11 is 0. The Labute approximate surface area is 97.6 Å². The molecule has 1 unspecified atom stereocenters. The van der Waals surface area contributed by atoms with E-state index in [1.54, 1.807) is 7.05 Å². The standard InChI is InChI=1S/C12H21N3O/c1-10(11(16)14-2)8-15(3)9-12(4-5-12)6-7-13/h10H,4-6,8-9H2,1-3H3,(H,14,16). The highest BCUT2D eigenvalue weighted by atomic mass is 16.1. The molecule has 0 spiro atoms. The van der Waals surface area contributed by atoms with E-state index in [9.17, 15) is 4.79 Å². The molecule has 1 saturated carbocycles. The molecule has 0 bridgehead atoms. The van der Waals surface area contributed by atoms with Gasteiger partial charge in [-0.25, -0.2) is 0 Å². The second kappa shape index (κ2) is 5.31. The zero-order chi connectivity index (χ0) is 12.2. The molecule has 1 rings (SSSR count). The van der Waals surface area contributed by atoms with E-state index in [2.05, 4.69) is 16.3 Å². The quantitative estimate of drug-likeness (QED) is 0.730. The summed E-state index contributed by atoms with van der Waals surface area (Å²) in [5.74, 6) is 0.0878. The molecule has 1 aliphatic carbocycles. The van der Waals surface area contributed by atoms with Crippen molar-refractivity contribution in [2.24, 2.45) is 11.3 Å². The fraction of sp³-hybridized carbons (Fsp3) is 0.833. The van der Waals surface area contributed by atoms with E-state index in [-0.39, 0.29) is 17.2 Å². The molecule has 1 atom stereocenters. The number of carbonyl (C=O) groups excluding carboxylic acids is 1. The minimum absolute atomic E-state index is 0.00730. The molecular weight excluding hydrogens is 202 g/mol. The highest BCUT2D eigenvalue weighted by Crippen LogP contribution is 2.48. The number of amides is 1. The molecule has 0 heterocycles. The second-order valence-corrected chi connectivity index (χ2v) is 5.05. The van der Waals surface area contributed by atoms with Crippen molar-refractivity contribution in [1.82, 2.24) is 10.2 Å². The Hall–Kier alpha value is -1.08. The molecule has 0 saturated heterocycles. The van der Waals surface area contributed by atoms with Gasteiger partial charge in [-0.3, -0.25) is 4.79 Å². The molecule has 4 heteroatoms. The summed E-state index contributed by atoms with van der Waals surface area (Å²) in [5, 5.41) is 11.4. The third-order valence-electron chi connectivity index (χ3n) is 3.30. The Morgan fingerprint density at radius 1 is 1.62 bits per heavy atom. The zero-order valence-corrected chi connectivity index (χ0v) is 10.4. The van der Waals surface area contributed by atoms with Crippen LogP contribution in [0.1, 0.15) is 26.2 Å². The molecule has 90 valence electrons. The minimum atomic E-state index is 0.00730. The largest absolute Gasteiger partial charge is 0.359 e. The van der Waals surface area contributed by atoms with Crippen molar-refractivity contribution in [2.75, 3.05) is 27.2 Å². The number of nitrogens with zero attached hydrogens (tertiary/aromatic N) is 2. The lowest BCUT2D eigenvalue weighted by molar-refractivity contribution is -0.124. The Balaban J connectivity index is 2.34. The van der Waals surface area contributed by atoms with Gasteiger partial charge in [0.1, 0.15) is 0 Å². The van der Waals surface area contributed by atoms with Crippen LogP contribution in [0.25, 0.3) is 0 Å². The van der Waals surface area contributed by atoms with Gasteiger partial charge in [0.2, 0.25) is 5.91 Å². The van der Waals surface area contributed by atoms with Gasteiger partial charge in [-0.2, -0.15) is 5.26 Å². The van der Waals surface area contributed by atoms with E-state index in [0.717, 1.165) is 25.9 Å². The maximum Gasteiger partial charge on any atom is 0.223 e. The fourth-order valence-corrected chi connectivity index (χ4v) is 2.17. The zero-order valence-electron chi connectivity index (χ0n) is 10.4. The summed E-state index contributed by atoms with van der Waals surface area (Å²) in [7, 11) is 3.69. The summed E-state index contributed by atoms with van der Waals surface area (Å²) in [5.41, 5.74) is 0.228. The Morgan fingerprint density at radius 3 is 2.69 bits per heavy atom. The third-order valence-corrected chi connectivity index (χ3v) is 3.30. The van der Waals surface area contributed by atoms with Crippen LogP contribution >= 0.6 is 0 Å². The van der Waals surface area contributed by atoms with Gasteiger partial charge >= 0.3 is 0 Å². The van der Waals surface area contributed by atoms with Crippen LogP contribution in [0.4, 0.5) is 0 Å². The van der Waals surface area contributed by atoms with E-state index < -0.39 is 0 Å². The van der Waals surface area contributed by atoms with Crippen molar-refractivity contribution >= 4 is 5.91 Å². The number of hydrogen-bond acceptors (Lipinski definition) is 3. The SMILES string of the molecule is CNC(=O)C(C)CN(C)CC1(CC#N)CC1. The van der Waals surface area contributed by atoms with Gasteiger partial charge in [-0.05, 0) is 25.3 Å². The molecule has 0 radical (unpaired) electrons. The van der Waals surface area contributed by atoms with Crippen LogP contribution in [-0.4, -0.2) is 38.0 Å². The molecule has 4 nitrogen and oxygen atoms in total. The number of carbonyl (C=O) groups is 1. The Kier molecular flexibility index (Phi) is 4.31. The molecule has 0 aromatic carbocycles. The molecule has 0 aromatic rings. The summed E-state index contributed by atoms with van der Waals surface area (Å²) < 4.78 is 0. The van der Waals surface area contributed by atoms with E-state index in [4.69, 9.17) is 5.26 Å². The minimum Gasteiger partial charge on any atom is -0.359 e. The van der Waals surface area contributed by atoms with Gasteiger partial charge in [0, 0.05) is 32.5 Å². The number of nitriles is 1. The monoisotopic (exact) mass is 223 g/mol. The van der Waals surface area contributed by atoms with Crippen LogP contribution in [0.3, 0.4) is 0 Å². The fourth-order valence-electron chi connectivity index (χ4n) is 2.17. The molecule has 16 heavy (non-hydrogen) atoms. The summed E-state index contributed by atoms with van der Waals surface area (Å²) in [6.07, 6.45) is 2.95. The number of nitrogens with one attached hydrogen (secondary N) is 1. The van der Waals surface area contributed by atoms with Crippen molar-refractivity contribution in [3.05, 3.63) is 0 Å². The predicted molar refractivity (Wildman–Crippen MR) is 62.6 cm³/mol.